The molecule has 3 rings (SSSR count). The van der Waals surface area contributed by atoms with Crippen molar-refractivity contribution >= 4 is 52.2 Å². The van der Waals surface area contributed by atoms with Gasteiger partial charge in [-0.1, -0.05) is 0 Å². The lowest BCUT2D eigenvalue weighted by atomic mass is 10.2. The number of carbonyl (C=O) groups is 3. The van der Waals surface area contributed by atoms with Gasteiger partial charge in [0.2, 0.25) is 0 Å². The minimum atomic E-state index is -0.893. The van der Waals surface area contributed by atoms with Crippen LogP contribution in [0.3, 0.4) is 0 Å². The number of rotatable bonds is 10. The van der Waals surface area contributed by atoms with Crippen molar-refractivity contribution in [3.63, 3.8) is 0 Å². The predicted octanol–water partition coefficient (Wildman–Crippen LogP) is 2.59. The van der Waals surface area contributed by atoms with Gasteiger partial charge in [-0.3, -0.25) is 14.4 Å². The molecule has 0 aliphatic carbocycles. The first-order valence-electron chi connectivity index (χ1n) is 11.2. The van der Waals surface area contributed by atoms with Crippen LogP contribution in [-0.2, 0) is 19.1 Å². The van der Waals surface area contributed by atoms with Crippen LogP contribution in [0, 0.1) is 9.39 Å². The summed E-state index contributed by atoms with van der Waals surface area (Å²) < 4.78 is 30.4. The lowest BCUT2D eigenvalue weighted by Gasteiger charge is -2.14. The molecule has 36 heavy (non-hydrogen) atoms. The fourth-order valence-electron chi connectivity index (χ4n) is 3.24. The Balaban J connectivity index is 1.55. The van der Waals surface area contributed by atoms with Crippen LogP contribution < -0.4 is 25.5 Å². The van der Waals surface area contributed by atoms with Gasteiger partial charge < -0.3 is 24.8 Å². The molecule has 1 heterocycles. The summed E-state index contributed by atoms with van der Waals surface area (Å²) in [5.74, 6) is -1.78. The van der Waals surface area contributed by atoms with E-state index in [1.54, 1.807) is 19.1 Å². The number of amides is 3. The molecule has 0 saturated carbocycles. The van der Waals surface area contributed by atoms with Gasteiger partial charge in [-0.2, -0.15) is 5.10 Å². The Labute approximate surface area is 221 Å². The van der Waals surface area contributed by atoms with Crippen LogP contribution in [0.1, 0.15) is 25.3 Å². The molecular formula is C24H26FIN4O6. The van der Waals surface area contributed by atoms with Crippen LogP contribution in [0.25, 0.3) is 0 Å². The summed E-state index contributed by atoms with van der Waals surface area (Å²) in [7, 11) is 0. The van der Waals surface area contributed by atoms with Gasteiger partial charge in [-0.15, -0.1) is 0 Å². The molecule has 1 fully saturated rings. The lowest BCUT2D eigenvalue weighted by Crippen LogP contribution is -2.41. The van der Waals surface area contributed by atoms with Crippen LogP contribution in [0.5, 0.6) is 11.5 Å². The normalized spacial score (nSPS) is 14.9. The summed E-state index contributed by atoms with van der Waals surface area (Å²) in [4.78, 5) is 36.1. The van der Waals surface area contributed by atoms with Crippen molar-refractivity contribution in [2.24, 2.45) is 5.10 Å². The van der Waals surface area contributed by atoms with Gasteiger partial charge in [0.25, 0.3) is 5.91 Å². The van der Waals surface area contributed by atoms with Crippen LogP contribution >= 0.6 is 22.6 Å². The zero-order valence-electron chi connectivity index (χ0n) is 19.5. The van der Waals surface area contributed by atoms with Crippen molar-refractivity contribution in [3.8, 4) is 11.5 Å². The fourth-order valence-corrected chi connectivity index (χ4v) is 4.02. The highest BCUT2D eigenvalue weighted by Gasteiger charge is 2.19. The van der Waals surface area contributed by atoms with Crippen LogP contribution in [0.15, 0.2) is 41.5 Å². The molecule has 1 saturated heterocycles. The predicted molar refractivity (Wildman–Crippen MR) is 139 cm³/mol. The Morgan fingerprint density at radius 3 is 2.67 bits per heavy atom. The maximum atomic E-state index is 13.0. The van der Waals surface area contributed by atoms with E-state index in [1.165, 1.54) is 30.5 Å². The SMILES string of the molecule is CCOc1cc(/C=N\NC(=O)C(=O)NC[C@H]2CCCO2)cc(I)c1OCC(=O)Nc1ccc(F)cc1. The average Bonchev–Trinajstić information content (AvgIpc) is 3.37. The van der Waals surface area contributed by atoms with E-state index in [1.807, 2.05) is 22.6 Å². The molecule has 1 atom stereocenters. The third kappa shape index (κ3) is 8.45. The zero-order valence-corrected chi connectivity index (χ0v) is 21.7. The first-order valence-corrected chi connectivity index (χ1v) is 12.3. The second-order valence-electron chi connectivity index (χ2n) is 7.65. The second kappa shape index (κ2) is 13.7. The molecule has 0 aromatic heterocycles. The Bertz CT molecular complexity index is 1110. The minimum Gasteiger partial charge on any atom is -0.490 e. The number of halogens is 2. The quantitative estimate of drug-likeness (QED) is 0.164. The first kappa shape index (κ1) is 27.3. The molecular weight excluding hydrogens is 586 g/mol. The van der Waals surface area contributed by atoms with Crippen molar-refractivity contribution in [3.05, 3.63) is 51.3 Å². The Kier molecular flexibility index (Phi) is 10.4. The molecule has 1 aliphatic rings. The topological polar surface area (TPSA) is 127 Å². The molecule has 3 amide bonds. The molecule has 0 unspecified atom stereocenters. The standard InChI is InChI=1S/C24H26FIN4O6/c1-2-34-20-11-15(12-28-30-24(33)23(32)27-13-18-4-3-9-35-18)10-19(26)22(20)36-14-21(31)29-17-7-5-16(25)6-8-17/h5-8,10-12,18H,2-4,9,13-14H2,1H3,(H,27,32)(H,29,31)(H,30,33)/b28-12-/t18-/m1/s1. The molecule has 2 aromatic carbocycles. The number of nitrogens with one attached hydrogen (secondary N) is 3. The van der Waals surface area contributed by atoms with E-state index >= 15 is 0 Å². The van der Waals surface area contributed by atoms with Crippen molar-refractivity contribution in [2.45, 2.75) is 25.9 Å². The summed E-state index contributed by atoms with van der Waals surface area (Å²) in [6, 6.07) is 8.72. The smallest absolute Gasteiger partial charge is 0.329 e. The highest BCUT2D eigenvalue weighted by Crippen LogP contribution is 2.34. The van der Waals surface area contributed by atoms with E-state index in [4.69, 9.17) is 14.2 Å². The number of carbonyl (C=O) groups excluding carboxylic acids is 3. The van der Waals surface area contributed by atoms with Crippen molar-refractivity contribution in [1.29, 1.82) is 0 Å². The van der Waals surface area contributed by atoms with E-state index < -0.39 is 23.5 Å². The zero-order chi connectivity index (χ0) is 25.9. The van der Waals surface area contributed by atoms with E-state index in [-0.39, 0.29) is 19.3 Å². The minimum absolute atomic E-state index is 0.0703. The van der Waals surface area contributed by atoms with Gasteiger partial charge in [-0.05, 0) is 84.3 Å². The summed E-state index contributed by atoms with van der Waals surface area (Å²) in [6.45, 7) is 2.78. The molecule has 192 valence electrons. The second-order valence-corrected chi connectivity index (χ2v) is 8.81. The molecule has 0 bridgehead atoms. The Morgan fingerprint density at radius 1 is 1.19 bits per heavy atom. The van der Waals surface area contributed by atoms with E-state index in [2.05, 4.69) is 21.2 Å². The molecule has 10 nitrogen and oxygen atoms in total. The monoisotopic (exact) mass is 612 g/mol. The van der Waals surface area contributed by atoms with Gasteiger partial charge in [-0.25, -0.2) is 9.82 Å². The van der Waals surface area contributed by atoms with Crippen LogP contribution in [-0.4, -0.2) is 56.4 Å². The molecule has 1 aliphatic heterocycles. The van der Waals surface area contributed by atoms with Gasteiger partial charge >= 0.3 is 11.8 Å². The molecule has 12 heteroatoms. The number of hydrazone groups is 1. The number of benzene rings is 2. The van der Waals surface area contributed by atoms with E-state index in [0.29, 0.717) is 39.5 Å². The number of anilines is 1. The lowest BCUT2D eigenvalue weighted by molar-refractivity contribution is -0.139. The molecule has 3 N–H and O–H groups in total. The van der Waals surface area contributed by atoms with E-state index in [0.717, 1.165) is 12.8 Å². The number of nitrogens with zero attached hydrogens (tertiary/aromatic N) is 1. The summed E-state index contributed by atoms with van der Waals surface area (Å²) >= 11 is 2.03. The third-order valence-electron chi connectivity index (χ3n) is 4.91. The maximum absolute atomic E-state index is 13.0. The number of ether oxygens (including phenoxy) is 3. The van der Waals surface area contributed by atoms with Crippen LogP contribution in [0.4, 0.5) is 10.1 Å². The Morgan fingerprint density at radius 2 is 1.97 bits per heavy atom. The summed E-state index contributed by atoms with van der Waals surface area (Å²) in [6.07, 6.45) is 3.08. The largest absolute Gasteiger partial charge is 0.490 e. The molecule has 0 radical (unpaired) electrons. The number of hydrogen-bond acceptors (Lipinski definition) is 7. The maximum Gasteiger partial charge on any atom is 0.329 e. The first-order chi connectivity index (χ1) is 17.4. The van der Waals surface area contributed by atoms with Gasteiger partial charge in [0, 0.05) is 18.8 Å². The average molecular weight is 612 g/mol. The van der Waals surface area contributed by atoms with Crippen LogP contribution in [0.2, 0.25) is 0 Å². The van der Waals surface area contributed by atoms with E-state index in [9.17, 15) is 18.8 Å². The number of hydrogen-bond donors (Lipinski definition) is 3. The van der Waals surface area contributed by atoms with Crippen molar-refractivity contribution in [1.82, 2.24) is 10.7 Å². The molecule has 2 aromatic rings. The van der Waals surface area contributed by atoms with Gasteiger partial charge in [0.1, 0.15) is 5.82 Å². The van der Waals surface area contributed by atoms with Crippen molar-refractivity contribution < 1.29 is 33.0 Å². The highest BCUT2D eigenvalue weighted by molar-refractivity contribution is 14.1. The fraction of sp³-hybridized carbons (Fsp3) is 0.333. The third-order valence-corrected chi connectivity index (χ3v) is 5.71. The highest BCUT2D eigenvalue weighted by atomic mass is 127. The molecule has 0 spiro atoms. The van der Waals surface area contributed by atoms with Gasteiger partial charge in [0.05, 0.1) is 22.5 Å². The Hall–Kier alpha value is -3.26. The van der Waals surface area contributed by atoms with Crippen molar-refractivity contribution in [2.75, 3.05) is 31.7 Å². The van der Waals surface area contributed by atoms with Gasteiger partial charge in [0.15, 0.2) is 18.1 Å². The summed E-state index contributed by atoms with van der Waals surface area (Å²) in [5.41, 5.74) is 3.20. The summed E-state index contributed by atoms with van der Waals surface area (Å²) in [5, 5.41) is 8.97.